The van der Waals surface area contributed by atoms with Crippen LogP contribution in [0.25, 0.3) is 0 Å². The second-order valence-corrected chi connectivity index (χ2v) is 7.64. The molecule has 1 aromatic heterocycles. The fourth-order valence-corrected chi connectivity index (χ4v) is 3.75. The van der Waals surface area contributed by atoms with Gasteiger partial charge in [-0.1, -0.05) is 23.3 Å². The molecule has 1 N–H and O–H groups in total. The van der Waals surface area contributed by atoms with E-state index >= 15 is 0 Å². The van der Waals surface area contributed by atoms with E-state index in [1.54, 1.807) is 30.6 Å². The minimum atomic E-state index is -0.151. The zero-order chi connectivity index (χ0) is 18.9. The fourth-order valence-electron chi connectivity index (χ4n) is 2.14. The Labute approximate surface area is 166 Å². The van der Waals surface area contributed by atoms with Crippen LogP contribution in [0.1, 0.15) is 12.3 Å². The minimum absolute atomic E-state index is 0.137. The quantitative estimate of drug-likeness (QED) is 0.529. The molecule has 8 heteroatoms. The second kappa shape index (κ2) is 10.0. The van der Waals surface area contributed by atoms with Crippen molar-refractivity contribution in [3.63, 3.8) is 0 Å². The van der Waals surface area contributed by atoms with Gasteiger partial charge in [0.05, 0.1) is 12.9 Å². The molecule has 0 aliphatic rings. The first-order chi connectivity index (χ1) is 13.2. The third-order valence-electron chi connectivity index (χ3n) is 3.48. The predicted octanol–water partition coefficient (Wildman–Crippen LogP) is 4.49. The highest BCUT2D eigenvalue weighted by Crippen LogP contribution is 2.23. The number of carbonyl (C=O) groups excluding carboxylic acids is 1. The van der Waals surface area contributed by atoms with Gasteiger partial charge in [-0.15, -0.1) is 28.6 Å². The number of aromatic nitrogens is 2. The van der Waals surface area contributed by atoms with Gasteiger partial charge in [-0.2, -0.15) is 0 Å². The van der Waals surface area contributed by atoms with E-state index in [0.29, 0.717) is 23.8 Å². The Hall–Kier alpha value is -2.45. The number of benzene rings is 2. The Morgan fingerprint density at radius 1 is 1.04 bits per heavy atom. The van der Waals surface area contributed by atoms with Crippen molar-refractivity contribution in [2.45, 2.75) is 22.0 Å². The number of rotatable bonds is 9. The van der Waals surface area contributed by atoms with Gasteiger partial charge in [0.15, 0.2) is 0 Å². The van der Waals surface area contributed by atoms with E-state index in [-0.39, 0.29) is 11.9 Å². The second-order valence-electron chi connectivity index (χ2n) is 5.42. The zero-order valence-corrected chi connectivity index (χ0v) is 16.4. The van der Waals surface area contributed by atoms with Crippen LogP contribution in [0.3, 0.4) is 0 Å². The average molecular weight is 402 g/mol. The number of amides is 1. The van der Waals surface area contributed by atoms with Crippen molar-refractivity contribution in [2.75, 3.05) is 18.2 Å². The highest BCUT2D eigenvalue weighted by Gasteiger charge is 2.10. The maximum absolute atomic E-state index is 12.0. The summed E-state index contributed by atoms with van der Waals surface area (Å²) < 4.78 is 10.6. The van der Waals surface area contributed by atoms with Crippen molar-refractivity contribution in [1.82, 2.24) is 10.2 Å². The Morgan fingerprint density at radius 2 is 1.78 bits per heavy atom. The van der Waals surface area contributed by atoms with E-state index in [2.05, 4.69) is 15.5 Å². The molecule has 0 atom stereocenters. The maximum Gasteiger partial charge on any atom is 0.322 e. The van der Waals surface area contributed by atoms with Gasteiger partial charge in [-0.05, 0) is 36.4 Å². The van der Waals surface area contributed by atoms with E-state index in [0.717, 1.165) is 15.5 Å². The van der Waals surface area contributed by atoms with E-state index in [9.17, 15) is 4.79 Å². The first-order valence-corrected chi connectivity index (χ1v) is 10.3. The molecule has 6 nitrogen and oxygen atoms in total. The summed E-state index contributed by atoms with van der Waals surface area (Å²) in [5.41, 5.74) is 0. The molecule has 0 saturated heterocycles. The van der Waals surface area contributed by atoms with Crippen molar-refractivity contribution in [3.8, 4) is 5.75 Å². The Kier molecular flexibility index (Phi) is 7.18. The van der Waals surface area contributed by atoms with E-state index in [1.807, 2.05) is 54.6 Å². The van der Waals surface area contributed by atoms with Crippen LogP contribution in [0.4, 0.5) is 6.01 Å². The summed E-state index contributed by atoms with van der Waals surface area (Å²) >= 11 is 3.20. The van der Waals surface area contributed by atoms with Crippen LogP contribution >= 0.6 is 23.5 Å². The topological polar surface area (TPSA) is 77.2 Å². The summed E-state index contributed by atoms with van der Waals surface area (Å²) in [7, 11) is 1.63. The highest BCUT2D eigenvalue weighted by atomic mass is 32.2. The van der Waals surface area contributed by atoms with Crippen molar-refractivity contribution in [2.24, 2.45) is 0 Å². The largest absolute Gasteiger partial charge is 0.497 e. The molecular weight excluding hydrogens is 382 g/mol. The summed E-state index contributed by atoms with van der Waals surface area (Å²) in [6.07, 6.45) is 0.354. The molecule has 0 unspecified atom stereocenters. The molecular formula is C19H19N3O3S2. The standard InChI is InChI=1S/C19H19N3O3S2/c1-24-14-7-9-16(10-8-14)26-12-11-17(23)20-19-22-21-18(25-19)13-27-15-5-3-2-4-6-15/h2-10H,11-13H2,1H3,(H,20,22,23). The number of anilines is 1. The summed E-state index contributed by atoms with van der Waals surface area (Å²) in [4.78, 5) is 14.2. The predicted molar refractivity (Wildman–Crippen MR) is 107 cm³/mol. The maximum atomic E-state index is 12.0. The van der Waals surface area contributed by atoms with Gasteiger partial charge >= 0.3 is 6.01 Å². The Bertz CT molecular complexity index is 854. The van der Waals surface area contributed by atoms with Crippen LogP contribution in [0.5, 0.6) is 5.75 Å². The van der Waals surface area contributed by atoms with Gasteiger partial charge in [-0.3, -0.25) is 10.1 Å². The molecule has 0 fully saturated rings. The van der Waals surface area contributed by atoms with Crippen molar-refractivity contribution >= 4 is 35.4 Å². The van der Waals surface area contributed by atoms with Crippen molar-refractivity contribution < 1.29 is 13.9 Å². The molecule has 0 bridgehead atoms. The van der Waals surface area contributed by atoms with Gasteiger partial charge in [-0.25, -0.2) is 0 Å². The van der Waals surface area contributed by atoms with Crippen LogP contribution in [-0.4, -0.2) is 29.0 Å². The summed E-state index contributed by atoms with van der Waals surface area (Å²) in [5, 5.41) is 10.5. The number of hydrogen-bond donors (Lipinski definition) is 1. The smallest absolute Gasteiger partial charge is 0.322 e. The van der Waals surface area contributed by atoms with E-state index < -0.39 is 0 Å². The molecule has 1 heterocycles. The van der Waals surface area contributed by atoms with E-state index in [1.165, 1.54) is 0 Å². The molecule has 0 aliphatic carbocycles. The van der Waals surface area contributed by atoms with Crippen LogP contribution < -0.4 is 10.1 Å². The number of carbonyl (C=O) groups is 1. The molecule has 3 rings (SSSR count). The fraction of sp³-hybridized carbons (Fsp3) is 0.211. The van der Waals surface area contributed by atoms with Gasteiger partial charge < -0.3 is 9.15 Å². The Morgan fingerprint density at radius 3 is 2.52 bits per heavy atom. The van der Waals surface area contributed by atoms with E-state index in [4.69, 9.17) is 9.15 Å². The van der Waals surface area contributed by atoms with Crippen molar-refractivity contribution in [1.29, 1.82) is 0 Å². The first-order valence-electron chi connectivity index (χ1n) is 8.30. The molecule has 2 aromatic carbocycles. The molecule has 140 valence electrons. The van der Waals surface area contributed by atoms with Gasteiger partial charge in [0.25, 0.3) is 0 Å². The van der Waals surface area contributed by atoms with Gasteiger partial charge in [0, 0.05) is 22.0 Å². The van der Waals surface area contributed by atoms with Crippen LogP contribution in [0.15, 0.2) is 68.8 Å². The molecule has 0 saturated carbocycles. The lowest BCUT2D eigenvalue weighted by atomic mass is 10.3. The third kappa shape index (κ3) is 6.33. The van der Waals surface area contributed by atoms with Gasteiger partial charge in [0.1, 0.15) is 5.75 Å². The molecule has 0 spiro atoms. The van der Waals surface area contributed by atoms with Crippen LogP contribution in [-0.2, 0) is 10.5 Å². The number of methoxy groups -OCH3 is 1. The number of thioether (sulfide) groups is 2. The lowest BCUT2D eigenvalue weighted by Crippen LogP contribution is -2.12. The molecule has 0 aliphatic heterocycles. The van der Waals surface area contributed by atoms with Gasteiger partial charge in [0.2, 0.25) is 11.8 Å². The van der Waals surface area contributed by atoms with Crippen molar-refractivity contribution in [3.05, 3.63) is 60.5 Å². The number of nitrogens with one attached hydrogen (secondary N) is 1. The minimum Gasteiger partial charge on any atom is -0.497 e. The third-order valence-corrected chi connectivity index (χ3v) is 5.49. The number of hydrogen-bond acceptors (Lipinski definition) is 7. The molecule has 0 radical (unpaired) electrons. The zero-order valence-electron chi connectivity index (χ0n) is 14.8. The summed E-state index contributed by atoms with van der Waals surface area (Å²) in [6, 6.07) is 17.8. The lowest BCUT2D eigenvalue weighted by Gasteiger charge is -2.03. The highest BCUT2D eigenvalue weighted by molar-refractivity contribution is 7.99. The average Bonchev–Trinajstić information content (AvgIpc) is 3.15. The summed E-state index contributed by atoms with van der Waals surface area (Å²) in [6.45, 7) is 0. The molecule has 1 amide bonds. The normalized spacial score (nSPS) is 10.6. The monoisotopic (exact) mass is 401 g/mol. The first kappa shape index (κ1) is 19.3. The molecule has 27 heavy (non-hydrogen) atoms. The number of nitrogens with zero attached hydrogens (tertiary/aromatic N) is 2. The molecule has 3 aromatic rings. The van der Waals surface area contributed by atoms with Crippen LogP contribution in [0.2, 0.25) is 0 Å². The van der Waals surface area contributed by atoms with Crippen LogP contribution in [0, 0.1) is 0 Å². The Balaban J connectivity index is 1.39. The number of ether oxygens (including phenoxy) is 1. The SMILES string of the molecule is COc1ccc(SCCC(=O)Nc2nnc(CSc3ccccc3)o2)cc1. The lowest BCUT2D eigenvalue weighted by molar-refractivity contribution is -0.115. The summed E-state index contributed by atoms with van der Waals surface area (Å²) in [5.74, 6) is 2.35.